The predicted molar refractivity (Wildman–Crippen MR) is 72.7 cm³/mol. The number of hydrogen-bond acceptors (Lipinski definition) is 3. The lowest BCUT2D eigenvalue weighted by atomic mass is 10.1. The van der Waals surface area contributed by atoms with Crippen molar-refractivity contribution >= 4 is 5.69 Å². The molecule has 0 aliphatic carbocycles. The number of hydrogen-bond donors (Lipinski definition) is 1. The van der Waals surface area contributed by atoms with Crippen LogP contribution in [0.3, 0.4) is 0 Å². The van der Waals surface area contributed by atoms with Gasteiger partial charge < -0.3 is 10.3 Å². The number of aromatic nitrogens is 2. The van der Waals surface area contributed by atoms with Gasteiger partial charge in [-0.2, -0.15) is 0 Å². The largest absolute Gasteiger partial charge is 0.398 e. The van der Waals surface area contributed by atoms with Gasteiger partial charge in [0.1, 0.15) is 0 Å². The van der Waals surface area contributed by atoms with E-state index in [1.165, 1.54) is 0 Å². The van der Waals surface area contributed by atoms with Gasteiger partial charge in [-0.05, 0) is 43.5 Å². The van der Waals surface area contributed by atoms with Crippen LogP contribution in [-0.4, -0.2) is 9.55 Å². The van der Waals surface area contributed by atoms with Crippen LogP contribution in [0.15, 0.2) is 29.3 Å². The first-order chi connectivity index (χ1) is 8.49. The second-order valence-electron chi connectivity index (χ2n) is 4.60. The van der Waals surface area contributed by atoms with Crippen molar-refractivity contribution in [1.82, 2.24) is 9.55 Å². The first-order valence-corrected chi connectivity index (χ1v) is 5.86. The van der Waals surface area contributed by atoms with E-state index in [-0.39, 0.29) is 5.56 Å². The number of nitrogens with zero attached hydrogens (tertiary/aromatic N) is 2. The van der Waals surface area contributed by atoms with E-state index in [1.54, 1.807) is 23.0 Å². The van der Waals surface area contributed by atoms with Gasteiger partial charge in [-0.15, -0.1) is 0 Å². The van der Waals surface area contributed by atoms with Crippen molar-refractivity contribution in [3.8, 4) is 0 Å². The molecule has 2 rings (SSSR count). The first-order valence-electron chi connectivity index (χ1n) is 5.86. The summed E-state index contributed by atoms with van der Waals surface area (Å²) in [5, 5.41) is 0. The van der Waals surface area contributed by atoms with E-state index in [2.05, 4.69) is 4.98 Å². The molecule has 4 nitrogen and oxygen atoms in total. The quantitative estimate of drug-likeness (QED) is 0.874. The van der Waals surface area contributed by atoms with Crippen LogP contribution in [0.4, 0.5) is 5.69 Å². The number of rotatable bonds is 2. The van der Waals surface area contributed by atoms with E-state index in [0.717, 1.165) is 28.1 Å². The molecule has 2 aromatic heterocycles. The smallest absolute Gasteiger partial charge is 0.251 e. The minimum atomic E-state index is -0.0182. The lowest BCUT2D eigenvalue weighted by Gasteiger charge is -2.11. The summed E-state index contributed by atoms with van der Waals surface area (Å²) < 4.78 is 1.64. The highest BCUT2D eigenvalue weighted by atomic mass is 16.1. The Morgan fingerprint density at radius 2 is 2.06 bits per heavy atom. The minimum absolute atomic E-state index is 0.0182. The standard InChI is InChI=1S/C14H17N3O/c1-9-4-5-17(13(18)6-9)8-12-11(3)14(15)10(2)7-16-12/h4-7H,8H2,1-3H3,(H2,15,16). The minimum Gasteiger partial charge on any atom is -0.398 e. The van der Waals surface area contributed by atoms with Crippen molar-refractivity contribution in [2.75, 3.05) is 5.73 Å². The number of nitrogen functional groups attached to an aromatic ring is 1. The molecule has 18 heavy (non-hydrogen) atoms. The zero-order valence-corrected chi connectivity index (χ0v) is 10.9. The normalized spacial score (nSPS) is 10.6. The Kier molecular flexibility index (Phi) is 3.19. The van der Waals surface area contributed by atoms with Crippen LogP contribution in [0.5, 0.6) is 0 Å². The van der Waals surface area contributed by atoms with Crippen LogP contribution in [-0.2, 0) is 6.54 Å². The van der Waals surface area contributed by atoms with Gasteiger partial charge in [0.15, 0.2) is 0 Å². The Morgan fingerprint density at radius 1 is 1.33 bits per heavy atom. The second kappa shape index (κ2) is 4.64. The fourth-order valence-corrected chi connectivity index (χ4v) is 1.85. The van der Waals surface area contributed by atoms with Crippen LogP contribution in [0, 0.1) is 20.8 Å². The highest BCUT2D eigenvalue weighted by molar-refractivity contribution is 5.53. The average molecular weight is 243 g/mol. The second-order valence-corrected chi connectivity index (χ2v) is 4.60. The predicted octanol–water partition coefficient (Wildman–Crippen LogP) is 1.80. The maximum Gasteiger partial charge on any atom is 0.251 e. The summed E-state index contributed by atoms with van der Waals surface area (Å²) in [5.74, 6) is 0. The maximum atomic E-state index is 11.8. The summed E-state index contributed by atoms with van der Waals surface area (Å²) in [6.07, 6.45) is 3.53. The Balaban J connectivity index is 2.41. The summed E-state index contributed by atoms with van der Waals surface area (Å²) in [4.78, 5) is 16.2. The molecule has 0 bridgehead atoms. The van der Waals surface area contributed by atoms with Gasteiger partial charge >= 0.3 is 0 Å². The third-order valence-electron chi connectivity index (χ3n) is 3.15. The van der Waals surface area contributed by atoms with Gasteiger partial charge in [-0.3, -0.25) is 9.78 Å². The lowest BCUT2D eigenvalue weighted by molar-refractivity contribution is 0.732. The van der Waals surface area contributed by atoms with E-state index in [9.17, 15) is 4.79 Å². The molecule has 2 heterocycles. The highest BCUT2D eigenvalue weighted by Crippen LogP contribution is 2.18. The molecule has 0 aromatic carbocycles. The third kappa shape index (κ3) is 2.27. The molecule has 94 valence electrons. The number of anilines is 1. The van der Waals surface area contributed by atoms with Gasteiger partial charge in [-0.1, -0.05) is 0 Å². The molecule has 0 unspecified atom stereocenters. The molecule has 0 saturated heterocycles. The van der Waals surface area contributed by atoms with Gasteiger partial charge in [-0.25, -0.2) is 0 Å². The van der Waals surface area contributed by atoms with Crippen molar-refractivity contribution in [3.05, 3.63) is 57.3 Å². The van der Waals surface area contributed by atoms with E-state index >= 15 is 0 Å². The fourth-order valence-electron chi connectivity index (χ4n) is 1.85. The molecular formula is C14H17N3O. The van der Waals surface area contributed by atoms with Crippen molar-refractivity contribution in [2.45, 2.75) is 27.3 Å². The average Bonchev–Trinajstić information content (AvgIpc) is 2.33. The van der Waals surface area contributed by atoms with Crippen molar-refractivity contribution in [2.24, 2.45) is 0 Å². The maximum absolute atomic E-state index is 11.8. The summed E-state index contributed by atoms with van der Waals surface area (Å²) in [5.41, 5.74) is 10.4. The van der Waals surface area contributed by atoms with Crippen LogP contribution in [0.25, 0.3) is 0 Å². The summed E-state index contributed by atoms with van der Waals surface area (Å²) in [6, 6.07) is 3.53. The van der Waals surface area contributed by atoms with Crippen molar-refractivity contribution in [3.63, 3.8) is 0 Å². The molecule has 2 N–H and O–H groups in total. The molecule has 0 spiro atoms. The fraction of sp³-hybridized carbons (Fsp3) is 0.286. The van der Waals surface area contributed by atoms with Crippen LogP contribution in [0.2, 0.25) is 0 Å². The first kappa shape index (κ1) is 12.4. The number of aryl methyl sites for hydroxylation is 2. The number of nitrogens with two attached hydrogens (primary N) is 1. The molecular weight excluding hydrogens is 226 g/mol. The molecule has 0 atom stereocenters. The van der Waals surface area contributed by atoms with Crippen molar-refractivity contribution in [1.29, 1.82) is 0 Å². The van der Waals surface area contributed by atoms with Gasteiger partial charge in [0.2, 0.25) is 0 Å². The summed E-state index contributed by atoms with van der Waals surface area (Å²) in [7, 11) is 0. The Morgan fingerprint density at radius 3 is 2.72 bits per heavy atom. The lowest BCUT2D eigenvalue weighted by Crippen LogP contribution is -2.20. The van der Waals surface area contributed by atoms with Crippen molar-refractivity contribution < 1.29 is 0 Å². The summed E-state index contributed by atoms with van der Waals surface area (Å²) >= 11 is 0. The SMILES string of the molecule is Cc1ccn(Cc2ncc(C)c(N)c2C)c(=O)c1. The zero-order chi connectivity index (χ0) is 13.3. The third-order valence-corrected chi connectivity index (χ3v) is 3.15. The van der Waals surface area contributed by atoms with E-state index in [1.807, 2.05) is 26.8 Å². The van der Waals surface area contributed by atoms with Gasteiger partial charge in [0.25, 0.3) is 5.56 Å². The number of pyridine rings is 2. The Hall–Kier alpha value is -2.10. The summed E-state index contributed by atoms with van der Waals surface area (Å²) in [6.45, 7) is 6.22. The van der Waals surface area contributed by atoms with Gasteiger partial charge in [0, 0.05) is 24.1 Å². The molecule has 0 radical (unpaired) electrons. The van der Waals surface area contributed by atoms with Crippen LogP contribution >= 0.6 is 0 Å². The monoisotopic (exact) mass is 243 g/mol. The molecule has 0 amide bonds. The molecule has 4 heteroatoms. The van der Waals surface area contributed by atoms with E-state index in [4.69, 9.17) is 5.73 Å². The molecule has 0 aliphatic heterocycles. The highest BCUT2D eigenvalue weighted by Gasteiger charge is 2.07. The molecule has 0 fully saturated rings. The Labute approximate surface area is 106 Å². The van der Waals surface area contributed by atoms with Gasteiger partial charge in [0.05, 0.1) is 12.2 Å². The van der Waals surface area contributed by atoms with E-state index < -0.39 is 0 Å². The van der Waals surface area contributed by atoms with E-state index in [0.29, 0.717) is 6.54 Å². The topological polar surface area (TPSA) is 60.9 Å². The molecule has 0 aliphatic rings. The molecule has 0 saturated carbocycles. The zero-order valence-electron chi connectivity index (χ0n) is 10.9. The van der Waals surface area contributed by atoms with Crippen LogP contribution in [0.1, 0.15) is 22.4 Å². The molecule has 2 aromatic rings. The van der Waals surface area contributed by atoms with Crippen LogP contribution < -0.4 is 11.3 Å². The Bertz CT molecular complexity index is 644.